The van der Waals surface area contributed by atoms with E-state index in [1.807, 2.05) is 6.07 Å². The van der Waals surface area contributed by atoms with Gasteiger partial charge in [-0.3, -0.25) is 4.79 Å². The van der Waals surface area contributed by atoms with Crippen LogP contribution in [0.15, 0.2) is 28.7 Å². The first kappa shape index (κ1) is 13.1. The van der Waals surface area contributed by atoms with E-state index in [9.17, 15) is 13.2 Å². The molecule has 0 unspecified atom stereocenters. The summed E-state index contributed by atoms with van der Waals surface area (Å²) < 4.78 is 25.7. The largest absolute Gasteiger partial charge is 0.369 e. The van der Waals surface area contributed by atoms with Crippen LogP contribution in [0.3, 0.4) is 0 Å². The normalized spacial score (nSPS) is 11.3. The fourth-order valence-corrected chi connectivity index (χ4v) is 2.39. The lowest BCUT2D eigenvalue weighted by Gasteiger charge is -2.05. The summed E-state index contributed by atoms with van der Waals surface area (Å²) in [5.74, 6) is -1.57. The van der Waals surface area contributed by atoms with E-state index in [1.54, 1.807) is 18.2 Å². The number of sulfonamides is 1. The van der Waals surface area contributed by atoms with E-state index in [4.69, 9.17) is 5.73 Å². The van der Waals surface area contributed by atoms with Crippen molar-refractivity contribution in [1.29, 1.82) is 0 Å². The Balaban J connectivity index is 2.61. The van der Waals surface area contributed by atoms with E-state index in [0.717, 1.165) is 10.0 Å². The highest BCUT2D eigenvalue weighted by molar-refractivity contribution is 9.10. The van der Waals surface area contributed by atoms with Crippen molar-refractivity contribution in [3.05, 3.63) is 34.3 Å². The molecule has 0 aliphatic carbocycles. The predicted molar refractivity (Wildman–Crippen MR) is 64.0 cm³/mol. The van der Waals surface area contributed by atoms with Gasteiger partial charge in [0, 0.05) is 11.0 Å². The molecular formula is C9H11BrN2O3S. The van der Waals surface area contributed by atoms with Crippen molar-refractivity contribution in [2.75, 3.05) is 5.75 Å². The van der Waals surface area contributed by atoms with Crippen molar-refractivity contribution in [1.82, 2.24) is 4.72 Å². The van der Waals surface area contributed by atoms with E-state index in [-0.39, 0.29) is 6.54 Å². The predicted octanol–water partition coefficient (Wildman–Crippen LogP) is 0.354. The molecule has 0 heterocycles. The minimum Gasteiger partial charge on any atom is -0.369 e. The Morgan fingerprint density at radius 3 is 2.69 bits per heavy atom. The van der Waals surface area contributed by atoms with Gasteiger partial charge in [0.15, 0.2) is 0 Å². The molecule has 0 radical (unpaired) electrons. The van der Waals surface area contributed by atoms with Crippen molar-refractivity contribution in [2.45, 2.75) is 6.54 Å². The molecule has 1 aromatic rings. The first-order valence-corrected chi connectivity index (χ1v) is 6.84. The number of hydrogen-bond acceptors (Lipinski definition) is 3. The maximum absolute atomic E-state index is 11.3. The number of rotatable bonds is 5. The Morgan fingerprint density at radius 2 is 2.12 bits per heavy atom. The van der Waals surface area contributed by atoms with E-state index < -0.39 is 21.7 Å². The number of nitrogens with two attached hydrogens (primary N) is 1. The van der Waals surface area contributed by atoms with Crippen LogP contribution in [-0.2, 0) is 21.4 Å². The lowest BCUT2D eigenvalue weighted by Crippen LogP contribution is -2.32. The van der Waals surface area contributed by atoms with Gasteiger partial charge in [0.05, 0.1) is 0 Å². The Bertz CT molecular complexity index is 487. The number of benzene rings is 1. The van der Waals surface area contributed by atoms with Crippen molar-refractivity contribution >= 4 is 31.9 Å². The molecule has 1 aromatic carbocycles. The SMILES string of the molecule is NC(=O)CS(=O)(=O)NCc1cccc(Br)c1. The second kappa shape index (κ2) is 5.42. The van der Waals surface area contributed by atoms with E-state index in [0.29, 0.717) is 0 Å². The second-order valence-electron chi connectivity index (χ2n) is 3.18. The zero-order valence-electron chi connectivity index (χ0n) is 8.31. The Labute approximate surface area is 102 Å². The van der Waals surface area contributed by atoms with Crippen LogP contribution in [0.5, 0.6) is 0 Å². The van der Waals surface area contributed by atoms with Gasteiger partial charge in [0.2, 0.25) is 15.9 Å². The van der Waals surface area contributed by atoms with Crippen molar-refractivity contribution in [3.8, 4) is 0 Å². The summed E-state index contributed by atoms with van der Waals surface area (Å²) in [5.41, 5.74) is 5.60. The number of carbonyl (C=O) groups is 1. The molecule has 0 aromatic heterocycles. The van der Waals surface area contributed by atoms with Gasteiger partial charge < -0.3 is 5.73 Å². The fraction of sp³-hybridized carbons (Fsp3) is 0.222. The van der Waals surface area contributed by atoms with E-state index in [1.165, 1.54) is 0 Å². The van der Waals surface area contributed by atoms with Crippen LogP contribution in [0.2, 0.25) is 0 Å². The molecule has 16 heavy (non-hydrogen) atoms. The van der Waals surface area contributed by atoms with Gasteiger partial charge >= 0.3 is 0 Å². The van der Waals surface area contributed by atoms with Gasteiger partial charge in [-0.05, 0) is 17.7 Å². The summed E-state index contributed by atoms with van der Waals surface area (Å²) >= 11 is 3.27. The van der Waals surface area contributed by atoms with Crippen LogP contribution in [0.4, 0.5) is 0 Å². The van der Waals surface area contributed by atoms with Crippen molar-refractivity contribution in [3.63, 3.8) is 0 Å². The highest BCUT2D eigenvalue weighted by atomic mass is 79.9. The average molecular weight is 307 g/mol. The standard InChI is InChI=1S/C9H11BrN2O3S/c10-8-3-1-2-7(4-8)5-12-16(14,15)6-9(11)13/h1-4,12H,5-6H2,(H2,11,13). The van der Waals surface area contributed by atoms with E-state index >= 15 is 0 Å². The van der Waals surface area contributed by atoms with Crippen LogP contribution in [-0.4, -0.2) is 20.1 Å². The molecule has 0 atom stereocenters. The number of amides is 1. The van der Waals surface area contributed by atoms with Gasteiger partial charge in [-0.1, -0.05) is 28.1 Å². The molecule has 5 nitrogen and oxygen atoms in total. The topological polar surface area (TPSA) is 89.3 Å². The molecule has 0 saturated carbocycles. The smallest absolute Gasteiger partial charge is 0.234 e. The molecule has 3 N–H and O–H groups in total. The number of carbonyl (C=O) groups excluding carboxylic acids is 1. The summed E-state index contributed by atoms with van der Waals surface area (Å²) in [4.78, 5) is 10.5. The lowest BCUT2D eigenvalue weighted by molar-refractivity contribution is -0.115. The summed E-state index contributed by atoms with van der Waals surface area (Å²) in [6, 6.07) is 7.19. The molecular weight excluding hydrogens is 296 g/mol. The summed E-state index contributed by atoms with van der Waals surface area (Å²) in [6.07, 6.45) is 0. The zero-order chi connectivity index (χ0) is 12.2. The van der Waals surface area contributed by atoms with Gasteiger partial charge in [-0.15, -0.1) is 0 Å². The molecule has 0 bridgehead atoms. The zero-order valence-corrected chi connectivity index (χ0v) is 10.7. The molecule has 0 aliphatic heterocycles. The average Bonchev–Trinajstić information content (AvgIpc) is 2.13. The molecule has 1 amide bonds. The molecule has 1 rings (SSSR count). The van der Waals surface area contributed by atoms with Crippen LogP contribution in [0.1, 0.15) is 5.56 Å². The number of primary amides is 1. The van der Waals surface area contributed by atoms with E-state index in [2.05, 4.69) is 20.7 Å². The number of hydrogen-bond donors (Lipinski definition) is 2. The Morgan fingerprint density at radius 1 is 1.44 bits per heavy atom. The first-order chi connectivity index (χ1) is 7.39. The summed E-state index contributed by atoms with van der Waals surface area (Å²) in [6.45, 7) is 0.134. The van der Waals surface area contributed by atoms with Crippen LogP contribution in [0, 0.1) is 0 Å². The second-order valence-corrected chi connectivity index (χ2v) is 5.90. The molecule has 7 heteroatoms. The minimum absolute atomic E-state index is 0.134. The Hall–Kier alpha value is -0.920. The highest BCUT2D eigenvalue weighted by Gasteiger charge is 2.13. The monoisotopic (exact) mass is 306 g/mol. The first-order valence-electron chi connectivity index (χ1n) is 4.39. The van der Waals surface area contributed by atoms with Gasteiger partial charge in [-0.25, -0.2) is 13.1 Å². The minimum atomic E-state index is -3.63. The number of halogens is 1. The molecule has 0 aliphatic rings. The lowest BCUT2D eigenvalue weighted by atomic mass is 10.2. The van der Waals surface area contributed by atoms with Crippen molar-refractivity contribution in [2.24, 2.45) is 5.73 Å². The maximum Gasteiger partial charge on any atom is 0.234 e. The van der Waals surface area contributed by atoms with Gasteiger partial charge in [0.1, 0.15) is 5.75 Å². The Kier molecular flexibility index (Phi) is 4.45. The fourth-order valence-electron chi connectivity index (χ4n) is 1.08. The van der Waals surface area contributed by atoms with Crippen LogP contribution in [0.25, 0.3) is 0 Å². The molecule has 0 spiro atoms. The maximum atomic E-state index is 11.3. The van der Waals surface area contributed by atoms with Crippen LogP contribution >= 0.6 is 15.9 Å². The van der Waals surface area contributed by atoms with Crippen molar-refractivity contribution < 1.29 is 13.2 Å². The summed E-state index contributed by atoms with van der Waals surface area (Å²) in [5, 5.41) is 0. The van der Waals surface area contributed by atoms with Crippen LogP contribution < -0.4 is 10.5 Å². The summed E-state index contributed by atoms with van der Waals surface area (Å²) in [7, 11) is -3.63. The molecule has 88 valence electrons. The van der Waals surface area contributed by atoms with Gasteiger partial charge in [0.25, 0.3) is 0 Å². The third-order valence-electron chi connectivity index (χ3n) is 1.72. The van der Waals surface area contributed by atoms with Gasteiger partial charge in [-0.2, -0.15) is 0 Å². The number of nitrogens with one attached hydrogen (secondary N) is 1. The quantitative estimate of drug-likeness (QED) is 0.823. The highest BCUT2D eigenvalue weighted by Crippen LogP contribution is 2.11. The molecule has 0 saturated heterocycles. The molecule has 0 fully saturated rings. The third-order valence-corrected chi connectivity index (χ3v) is 3.46. The third kappa shape index (κ3) is 4.73.